The van der Waals surface area contributed by atoms with Crippen LogP contribution in [0.1, 0.15) is 24.5 Å². The Morgan fingerprint density at radius 1 is 1.15 bits per heavy atom. The van der Waals surface area contributed by atoms with E-state index in [9.17, 15) is 9.18 Å². The van der Waals surface area contributed by atoms with Gasteiger partial charge in [-0.3, -0.25) is 19.6 Å². The van der Waals surface area contributed by atoms with Gasteiger partial charge in [-0.15, -0.1) is 0 Å². The SMILES string of the molecule is CCOC[C@H]1CC2=C(CN1Cc1cccc(F)c1)C(=O)N(Cc1ccc(Cl)cc1)C1=NCCN12. The zero-order chi connectivity index (χ0) is 23.7. The Morgan fingerprint density at radius 2 is 1.97 bits per heavy atom. The highest BCUT2D eigenvalue weighted by molar-refractivity contribution is 6.30. The van der Waals surface area contributed by atoms with Gasteiger partial charge in [-0.2, -0.15) is 0 Å². The monoisotopic (exact) mass is 482 g/mol. The van der Waals surface area contributed by atoms with Crippen LogP contribution in [0, 0.1) is 5.82 Å². The lowest BCUT2D eigenvalue weighted by molar-refractivity contribution is -0.125. The highest BCUT2D eigenvalue weighted by atomic mass is 35.5. The van der Waals surface area contributed by atoms with E-state index in [2.05, 4.69) is 14.8 Å². The van der Waals surface area contributed by atoms with Crippen molar-refractivity contribution in [2.75, 3.05) is 32.8 Å². The predicted molar refractivity (Wildman–Crippen MR) is 130 cm³/mol. The Bertz CT molecular complexity index is 1130. The lowest BCUT2D eigenvalue weighted by atomic mass is 9.94. The number of carbonyl (C=O) groups is 1. The van der Waals surface area contributed by atoms with Crippen molar-refractivity contribution in [2.45, 2.75) is 32.5 Å². The van der Waals surface area contributed by atoms with Gasteiger partial charge in [-0.05, 0) is 42.3 Å². The molecule has 3 heterocycles. The van der Waals surface area contributed by atoms with Crippen molar-refractivity contribution in [1.29, 1.82) is 0 Å². The van der Waals surface area contributed by atoms with Crippen LogP contribution >= 0.6 is 11.6 Å². The molecule has 0 fully saturated rings. The average molecular weight is 483 g/mol. The van der Waals surface area contributed by atoms with Crippen LogP contribution in [0.25, 0.3) is 0 Å². The van der Waals surface area contributed by atoms with Crippen LogP contribution in [0.15, 0.2) is 64.8 Å². The molecule has 0 aliphatic carbocycles. The molecule has 2 aromatic carbocycles. The normalized spacial score (nSPS) is 20.5. The highest BCUT2D eigenvalue weighted by Gasteiger charge is 2.43. The van der Waals surface area contributed by atoms with Crippen molar-refractivity contribution in [3.63, 3.8) is 0 Å². The molecule has 0 saturated carbocycles. The summed E-state index contributed by atoms with van der Waals surface area (Å²) in [5.74, 6) is 0.463. The summed E-state index contributed by atoms with van der Waals surface area (Å²) in [6.07, 6.45) is 0.699. The summed E-state index contributed by atoms with van der Waals surface area (Å²) in [6, 6.07) is 14.3. The number of benzene rings is 2. The second-order valence-electron chi connectivity index (χ2n) is 8.83. The third-order valence-electron chi connectivity index (χ3n) is 6.59. The number of nitrogens with zero attached hydrogens (tertiary/aromatic N) is 4. The number of hydrogen-bond acceptors (Lipinski definition) is 5. The van der Waals surface area contributed by atoms with Gasteiger partial charge < -0.3 is 9.64 Å². The molecule has 178 valence electrons. The van der Waals surface area contributed by atoms with Gasteiger partial charge >= 0.3 is 0 Å². The Labute approximate surface area is 204 Å². The van der Waals surface area contributed by atoms with Crippen LogP contribution in [0.3, 0.4) is 0 Å². The highest BCUT2D eigenvalue weighted by Crippen LogP contribution is 2.35. The lowest BCUT2D eigenvalue weighted by Gasteiger charge is -2.45. The van der Waals surface area contributed by atoms with Crippen molar-refractivity contribution in [2.24, 2.45) is 4.99 Å². The van der Waals surface area contributed by atoms with E-state index in [1.165, 1.54) is 6.07 Å². The number of rotatable bonds is 7. The lowest BCUT2D eigenvalue weighted by Crippen LogP contribution is -2.56. The van der Waals surface area contributed by atoms with E-state index in [1.807, 2.05) is 37.3 Å². The smallest absolute Gasteiger partial charge is 0.259 e. The summed E-state index contributed by atoms with van der Waals surface area (Å²) in [5, 5.41) is 0.666. The number of guanidine groups is 1. The van der Waals surface area contributed by atoms with Gasteiger partial charge in [0.1, 0.15) is 5.82 Å². The average Bonchev–Trinajstić information content (AvgIpc) is 3.32. The maximum Gasteiger partial charge on any atom is 0.259 e. The van der Waals surface area contributed by atoms with E-state index in [4.69, 9.17) is 16.3 Å². The molecule has 8 heteroatoms. The Balaban J connectivity index is 1.45. The summed E-state index contributed by atoms with van der Waals surface area (Å²) < 4.78 is 19.6. The number of hydrogen-bond donors (Lipinski definition) is 0. The molecule has 5 rings (SSSR count). The number of carbonyl (C=O) groups excluding carboxylic acids is 1. The maximum absolute atomic E-state index is 13.8. The molecule has 0 N–H and O–H groups in total. The molecule has 2 aromatic rings. The van der Waals surface area contributed by atoms with E-state index in [1.54, 1.807) is 17.0 Å². The minimum atomic E-state index is -0.253. The fourth-order valence-corrected chi connectivity index (χ4v) is 5.05. The van der Waals surface area contributed by atoms with Crippen molar-refractivity contribution < 1.29 is 13.9 Å². The van der Waals surface area contributed by atoms with Crippen LogP contribution in [-0.2, 0) is 22.6 Å². The van der Waals surface area contributed by atoms with Crippen LogP contribution in [-0.4, -0.2) is 65.5 Å². The number of halogens is 2. The maximum atomic E-state index is 13.8. The van der Waals surface area contributed by atoms with Gasteiger partial charge in [0.25, 0.3) is 5.91 Å². The van der Waals surface area contributed by atoms with Gasteiger partial charge in [0, 0.05) is 49.4 Å². The molecular formula is C26H28ClFN4O2. The van der Waals surface area contributed by atoms with Crippen molar-refractivity contribution in [3.8, 4) is 0 Å². The molecule has 1 atom stereocenters. The van der Waals surface area contributed by atoms with E-state index in [-0.39, 0.29) is 17.8 Å². The topological polar surface area (TPSA) is 48.4 Å². The molecule has 0 spiro atoms. The molecule has 0 saturated heterocycles. The Morgan fingerprint density at radius 3 is 2.74 bits per heavy atom. The van der Waals surface area contributed by atoms with E-state index in [0.717, 1.165) is 34.9 Å². The molecule has 3 aliphatic rings. The molecule has 0 radical (unpaired) electrons. The van der Waals surface area contributed by atoms with E-state index < -0.39 is 0 Å². The van der Waals surface area contributed by atoms with Gasteiger partial charge in [0.05, 0.1) is 25.3 Å². The first kappa shape index (κ1) is 23.0. The van der Waals surface area contributed by atoms with E-state index in [0.29, 0.717) is 50.8 Å². The number of amides is 1. The zero-order valence-electron chi connectivity index (χ0n) is 19.2. The molecule has 0 unspecified atom stereocenters. The van der Waals surface area contributed by atoms with Crippen LogP contribution in [0.2, 0.25) is 5.02 Å². The second kappa shape index (κ2) is 9.86. The predicted octanol–water partition coefficient (Wildman–Crippen LogP) is 4.06. The Hall–Kier alpha value is -2.74. The van der Waals surface area contributed by atoms with Crippen LogP contribution < -0.4 is 0 Å². The molecule has 3 aliphatic heterocycles. The van der Waals surface area contributed by atoms with Gasteiger partial charge in [-0.1, -0.05) is 35.9 Å². The molecule has 1 amide bonds. The summed E-state index contributed by atoms with van der Waals surface area (Å²) in [5.41, 5.74) is 3.72. The van der Waals surface area contributed by atoms with Gasteiger partial charge in [0.2, 0.25) is 5.96 Å². The van der Waals surface area contributed by atoms with Crippen molar-refractivity contribution in [3.05, 3.63) is 81.8 Å². The fraction of sp³-hybridized carbons (Fsp3) is 0.385. The standard InChI is InChI=1S/C26H28ClFN4O2/c1-2-34-17-22-13-24-23(16-30(22)14-19-4-3-5-21(28)12-19)25(33)32(26-29-10-11-31(24)26)15-18-6-8-20(27)9-7-18/h3-9,12,22H,2,10-11,13-17H2,1H3/t22-/m1/s1. The molecule has 6 nitrogen and oxygen atoms in total. The summed E-state index contributed by atoms with van der Waals surface area (Å²) in [7, 11) is 0. The van der Waals surface area contributed by atoms with Gasteiger partial charge in [0.15, 0.2) is 0 Å². The minimum Gasteiger partial charge on any atom is -0.380 e. The molecule has 0 aromatic heterocycles. The van der Waals surface area contributed by atoms with Crippen LogP contribution in [0.4, 0.5) is 4.39 Å². The summed E-state index contributed by atoms with van der Waals surface area (Å²) in [4.78, 5) is 24.7. The van der Waals surface area contributed by atoms with Crippen molar-refractivity contribution >= 4 is 23.5 Å². The molecular weight excluding hydrogens is 455 g/mol. The molecule has 34 heavy (non-hydrogen) atoms. The van der Waals surface area contributed by atoms with Gasteiger partial charge in [-0.25, -0.2) is 4.39 Å². The first-order chi connectivity index (χ1) is 16.5. The molecule has 0 bridgehead atoms. The minimum absolute atomic E-state index is 0.0130. The largest absolute Gasteiger partial charge is 0.380 e. The van der Waals surface area contributed by atoms with Crippen LogP contribution in [0.5, 0.6) is 0 Å². The zero-order valence-corrected chi connectivity index (χ0v) is 20.0. The first-order valence-corrected chi connectivity index (χ1v) is 12.1. The van der Waals surface area contributed by atoms with E-state index >= 15 is 0 Å². The van der Waals surface area contributed by atoms with Crippen molar-refractivity contribution in [1.82, 2.24) is 14.7 Å². The first-order valence-electron chi connectivity index (χ1n) is 11.7. The summed E-state index contributed by atoms with van der Waals surface area (Å²) in [6.45, 7) is 6.08. The number of fused-ring (bicyclic) bond motifs is 2. The summed E-state index contributed by atoms with van der Waals surface area (Å²) >= 11 is 6.05. The third-order valence-corrected chi connectivity index (χ3v) is 6.84. The Kier molecular flexibility index (Phi) is 6.68. The fourth-order valence-electron chi connectivity index (χ4n) is 4.93. The number of aliphatic imine (C=N–C) groups is 1. The third kappa shape index (κ3) is 4.60. The number of ether oxygens (including phenoxy) is 1. The second-order valence-corrected chi connectivity index (χ2v) is 9.27. The quantitative estimate of drug-likeness (QED) is 0.597.